The number of fused-ring (bicyclic) bond motifs is 5. The molecule has 2 bridgehead atoms. The van der Waals surface area contributed by atoms with Gasteiger partial charge >= 0.3 is 6.01 Å². The van der Waals surface area contributed by atoms with Gasteiger partial charge in [-0.25, -0.2) is 8.78 Å². The lowest BCUT2D eigenvalue weighted by Gasteiger charge is -2.54. The van der Waals surface area contributed by atoms with Crippen molar-refractivity contribution in [3.63, 3.8) is 0 Å². The number of aromatic hydroxyl groups is 1. The van der Waals surface area contributed by atoms with E-state index < -0.39 is 11.7 Å². The highest BCUT2D eigenvalue weighted by molar-refractivity contribution is 6.03. The van der Waals surface area contributed by atoms with Crippen molar-refractivity contribution in [2.45, 2.75) is 95.6 Å². The zero-order valence-electron chi connectivity index (χ0n) is 41.9. The van der Waals surface area contributed by atoms with E-state index in [0.717, 1.165) is 107 Å². The van der Waals surface area contributed by atoms with Crippen molar-refractivity contribution in [1.29, 1.82) is 0 Å². The van der Waals surface area contributed by atoms with E-state index in [-0.39, 0.29) is 46.0 Å². The van der Waals surface area contributed by atoms with Crippen molar-refractivity contribution in [2.75, 3.05) is 81.9 Å². The Morgan fingerprint density at radius 1 is 0.863 bits per heavy atom. The van der Waals surface area contributed by atoms with Gasteiger partial charge in [0.05, 0.1) is 29.1 Å². The minimum atomic E-state index is -0.646. The molecule has 3 aromatic heterocycles. The first-order valence-corrected chi connectivity index (χ1v) is 26.8. The number of hydrogen-bond acceptors (Lipinski definition) is 13. The van der Waals surface area contributed by atoms with E-state index in [2.05, 4.69) is 53.4 Å². The van der Waals surface area contributed by atoms with Crippen LogP contribution in [0.5, 0.6) is 11.8 Å². The zero-order valence-corrected chi connectivity index (χ0v) is 41.9. The molecule has 6 aromatic rings. The lowest BCUT2D eigenvalue weighted by atomic mass is 9.57. The normalized spacial score (nSPS) is 24.2. The van der Waals surface area contributed by atoms with Crippen LogP contribution in [0.4, 0.5) is 20.3 Å². The van der Waals surface area contributed by atoms with Gasteiger partial charge in [0, 0.05) is 106 Å². The molecule has 1 spiro atoms. The van der Waals surface area contributed by atoms with Crippen LogP contribution in [0.1, 0.15) is 88.3 Å². The summed E-state index contributed by atoms with van der Waals surface area (Å²) >= 11 is 0. The van der Waals surface area contributed by atoms with Gasteiger partial charge in [0.25, 0.3) is 0 Å². The molecule has 2 saturated carbocycles. The quantitative estimate of drug-likeness (QED) is 0.106. The van der Waals surface area contributed by atoms with Gasteiger partial charge in [0.1, 0.15) is 28.6 Å². The highest BCUT2D eigenvalue weighted by Crippen LogP contribution is 2.54. The number of piperidine rings is 2. The summed E-state index contributed by atoms with van der Waals surface area (Å²) in [5, 5.41) is 24.3. The van der Waals surface area contributed by atoms with Gasteiger partial charge in [-0.1, -0.05) is 13.0 Å². The number of aryl methyl sites for hydroxylation is 2. The molecule has 5 saturated heterocycles. The summed E-state index contributed by atoms with van der Waals surface area (Å²) in [6.07, 6.45) is 12.2. The number of pyridine rings is 1. The van der Waals surface area contributed by atoms with Gasteiger partial charge in [-0.3, -0.25) is 29.5 Å². The van der Waals surface area contributed by atoms with E-state index in [9.17, 15) is 14.7 Å². The van der Waals surface area contributed by atoms with Crippen molar-refractivity contribution < 1.29 is 28.2 Å². The monoisotopic (exact) mass is 994 g/mol. The molecule has 0 radical (unpaired) electrons. The van der Waals surface area contributed by atoms with E-state index in [4.69, 9.17) is 19.8 Å². The number of nitrogens with one attached hydrogen (secondary N) is 2. The minimum absolute atomic E-state index is 0.00424. The maximum atomic E-state index is 17.2. The SMILES string of the molecule is CCc1c(F)ccc2cc(O)cc(-c3ncc4c(N5CC6CCC(C5)N6)nc(OCC5(CN6CCC7(CC6)CC(CN6CCN(c8ccc9c(C%10CCC(=O)NC%10=O)nn(C)c9c8)CC6)C7)CC5)nc4c3F)c12. The Balaban J connectivity index is 0.634. The van der Waals surface area contributed by atoms with E-state index in [0.29, 0.717) is 76.5 Å². The molecular formula is C56H65F2N11O4. The van der Waals surface area contributed by atoms with Crippen LogP contribution in [0.15, 0.2) is 48.7 Å². The summed E-state index contributed by atoms with van der Waals surface area (Å²) in [6.45, 7) is 12.2. The largest absolute Gasteiger partial charge is 0.508 e. The summed E-state index contributed by atoms with van der Waals surface area (Å²) in [7, 11) is 1.93. The molecule has 15 nitrogen and oxygen atoms in total. The number of hydrogen-bond donors (Lipinski definition) is 3. The molecular weight excluding hydrogens is 929 g/mol. The molecule has 382 valence electrons. The number of anilines is 2. The van der Waals surface area contributed by atoms with Crippen molar-refractivity contribution in [2.24, 2.45) is 23.8 Å². The third kappa shape index (κ3) is 8.62. The highest BCUT2D eigenvalue weighted by Gasteiger charge is 2.50. The fraction of sp³-hybridized carbons (Fsp3) is 0.536. The molecule has 17 heteroatoms. The number of piperazine rings is 2. The molecule has 13 rings (SSSR count). The summed E-state index contributed by atoms with van der Waals surface area (Å²) < 4.78 is 40.9. The zero-order chi connectivity index (χ0) is 49.8. The van der Waals surface area contributed by atoms with Crippen LogP contribution in [0.3, 0.4) is 0 Å². The van der Waals surface area contributed by atoms with E-state index in [1.807, 2.05) is 18.7 Å². The summed E-state index contributed by atoms with van der Waals surface area (Å²) in [5.41, 5.74) is 4.28. The smallest absolute Gasteiger partial charge is 0.319 e. The van der Waals surface area contributed by atoms with Gasteiger partial charge in [-0.05, 0) is 141 Å². The lowest BCUT2D eigenvalue weighted by Crippen LogP contribution is -2.53. The van der Waals surface area contributed by atoms with Crippen LogP contribution in [0.2, 0.25) is 0 Å². The second-order valence-corrected chi connectivity index (χ2v) is 22.9. The molecule has 3 N–H and O–H groups in total. The fourth-order valence-electron chi connectivity index (χ4n) is 13.9. The van der Waals surface area contributed by atoms with E-state index in [1.165, 1.54) is 50.0 Å². The second-order valence-electron chi connectivity index (χ2n) is 22.9. The first kappa shape index (κ1) is 46.7. The van der Waals surface area contributed by atoms with Crippen LogP contribution < -0.4 is 25.2 Å². The van der Waals surface area contributed by atoms with Crippen LogP contribution in [0, 0.1) is 28.4 Å². The maximum absolute atomic E-state index is 17.2. The number of imide groups is 1. The first-order chi connectivity index (χ1) is 35.4. The summed E-state index contributed by atoms with van der Waals surface area (Å²) in [6, 6.07) is 13.3. The van der Waals surface area contributed by atoms with Crippen LogP contribution in [-0.4, -0.2) is 136 Å². The summed E-state index contributed by atoms with van der Waals surface area (Å²) in [4.78, 5) is 48.8. The predicted octanol–water partition coefficient (Wildman–Crippen LogP) is 7.21. The third-order valence-corrected chi connectivity index (χ3v) is 18.0. The number of aromatic nitrogens is 5. The number of amides is 2. The van der Waals surface area contributed by atoms with Crippen LogP contribution in [0.25, 0.3) is 43.8 Å². The number of ether oxygens (including phenoxy) is 1. The minimum Gasteiger partial charge on any atom is -0.508 e. The Labute approximate surface area is 423 Å². The van der Waals surface area contributed by atoms with Crippen LogP contribution in [-0.2, 0) is 23.1 Å². The van der Waals surface area contributed by atoms with Crippen molar-refractivity contribution in [1.82, 2.24) is 45.2 Å². The highest BCUT2D eigenvalue weighted by atomic mass is 19.1. The molecule has 7 fully saturated rings. The van der Waals surface area contributed by atoms with Crippen molar-refractivity contribution in [3.05, 3.63) is 71.6 Å². The topological polar surface area (TPSA) is 157 Å². The number of halogens is 2. The Kier molecular flexibility index (Phi) is 11.6. The summed E-state index contributed by atoms with van der Waals surface area (Å²) in [5.74, 6) is -0.589. The number of likely N-dealkylation sites (tertiary alicyclic amines) is 1. The second kappa shape index (κ2) is 18.1. The molecule has 7 aliphatic rings. The average molecular weight is 994 g/mol. The first-order valence-electron chi connectivity index (χ1n) is 26.8. The van der Waals surface area contributed by atoms with Crippen LogP contribution >= 0.6 is 0 Å². The third-order valence-electron chi connectivity index (χ3n) is 18.0. The van der Waals surface area contributed by atoms with Gasteiger partial charge in [0.15, 0.2) is 5.82 Å². The van der Waals surface area contributed by atoms with Gasteiger partial charge in [0.2, 0.25) is 11.8 Å². The Morgan fingerprint density at radius 3 is 2.38 bits per heavy atom. The number of nitrogens with zero attached hydrogens (tertiary/aromatic N) is 9. The molecule has 3 aromatic carbocycles. The van der Waals surface area contributed by atoms with E-state index in [1.54, 1.807) is 18.3 Å². The standard InChI is InChI=1S/C56H65F2N11O4/c1-3-39-44(57)10-4-34-22-38(70)24-42(47(34)39)50-48(58)51-43(27-59-50)52(69-29-35-5-6-36(30-69)60-35)63-54(62-51)73-32-56(12-13-56)31-67-16-14-55(15-17-67)25-33(26-55)28-66-18-20-68(21-19-66)37-7-8-40-45(23-37)65(2)64-49(40)41-9-11-46(71)61-53(41)72/h4,7-8,10,22-24,27,33,35-36,41,60,70H,3,5-6,9,11-21,25-26,28-32H2,1-2H3,(H,61,71,72). The van der Waals surface area contributed by atoms with Crippen molar-refractivity contribution >= 4 is 55.9 Å². The molecule has 2 amide bonds. The molecule has 3 atom stereocenters. The molecule has 8 heterocycles. The Hall–Kier alpha value is -6.04. The molecule has 73 heavy (non-hydrogen) atoms. The predicted molar refractivity (Wildman–Crippen MR) is 276 cm³/mol. The lowest BCUT2D eigenvalue weighted by molar-refractivity contribution is -0.134. The van der Waals surface area contributed by atoms with Gasteiger partial charge in [-0.15, -0.1) is 0 Å². The molecule has 2 aliphatic carbocycles. The Morgan fingerprint density at radius 2 is 1.64 bits per heavy atom. The molecule has 5 aliphatic heterocycles. The number of carbonyl (C=O) groups excluding carboxylic acids is 2. The Bertz CT molecular complexity index is 3160. The number of phenolic OH excluding ortho intramolecular Hbond substituents is 1. The number of carbonyl (C=O) groups is 2. The number of phenols is 1. The number of benzene rings is 3. The van der Waals surface area contributed by atoms with Gasteiger partial charge in [-0.2, -0.15) is 15.1 Å². The molecule has 3 unspecified atom stereocenters. The fourth-order valence-corrected chi connectivity index (χ4v) is 13.9. The van der Waals surface area contributed by atoms with Crippen molar-refractivity contribution in [3.8, 4) is 23.0 Å². The van der Waals surface area contributed by atoms with E-state index >= 15 is 8.78 Å². The average Bonchev–Trinajstić information content (AvgIpc) is 3.96. The number of rotatable bonds is 12. The maximum Gasteiger partial charge on any atom is 0.319 e. The van der Waals surface area contributed by atoms with Gasteiger partial charge < -0.3 is 29.9 Å².